The van der Waals surface area contributed by atoms with Gasteiger partial charge < -0.3 is 9.47 Å². The first-order valence-electron chi connectivity index (χ1n) is 6.52. The highest BCUT2D eigenvalue weighted by Gasteiger charge is 2.37. The summed E-state index contributed by atoms with van der Waals surface area (Å²) in [5.74, 6) is 0.00585. The van der Waals surface area contributed by atoms with E-state index in [1.807, 2.05) is 0 Å². The molecule has 0 unspecified atom stereocenters. The van der Waals surface area contributed by atoms with Gasteiger partial charge in [0.1, 0.15) is 0 Å². The largest absolute Gasteiger partial charge is 0.381 e. The van der Waals surface area contributed by atoms with E-state index in [1.165, 1.54) is 0 Å². The average Bonchev–Trinajstić information content (AvgIpc) is 2.38. The van der Waals surface area contributed by atoms with E-state index in [4.69, 9.17) is 21.1 Å². The second-order valence-electron chi connectivity index (χ2n) is 5.16. The van der Waals surface area contributed by atoms with Crippen LogP contribution in [-0.2, 0) is 25.1 Å². The molecule has 0 aromatic heterocycles. The Morgan fingerprint density at radius 1 is 1.35 bits per heavy atom. The van der Waals surface area contributed by atoms with Crippen molar-refractivity contribution >= 4 is 21.4 Å². The Morgan fingerprint density at radius 3 is 2.65 bits per heavy atom. The molecule has 0 atom stereocenters. The van der Waals surface area contributed by atoms with Gasteiger partial charge in [0.2, 0.25) is 0 Å². The van der Waals surface area contributed by atoms with Crippen LogP contribution in [-0.4, -0.2) is 40.1 Å². The minimum absolute atomic E-state index is 0.0144. The van der Waals surface area contributed by atoms with Crippen molar-refractivity contribution in [3.05, 3.63) is 34.9 Å². The van der Waals surface area contributed by atoms with Crippen LogP contribution in [0.4, 0.5) is 0 Å². The lowest BCUT2D eigenvalue weighted by Crippen LogP contribution is -2.44. The van der Waals surface area contributed by atoms with E-state index >= 15 is 0 Å². The Hall–Kier alpha value is -0.620. The SMILES string of the molecule is COC1(CS(=O)(=O)Cc2cccc(Cl)c2)CCOCC1. The number of benzene rings is 1. The van der Waals surface area contributed by atoms with Crippen LogP contribution in [0.3, 0.4) is 0 Å². The standard InChI is InChI=1S/C14H19ClO4S/c1-18-14(5-7-19-8-6-14)11-20(16,17)10-12-3-2-4-13(15)9-12/h2-4,9H,5-8,10-11H2,1H3. The zero-order chi connectivity index (χ0) is 14.6. The Kier molecular flexibility index (Phi) is 5.07. The molecule has 1 heterocycles. The van der Waals surface area contributed by atoms with Gasteiger partial charge in [-0.2, -0.15) is 0 Å². The van der Waals surface area contributed by atoms with Gasteiger partial charge in [-0.3, -0.25) is 0 Å². The van der Waals surface area contributed by atoms with Crippen LogP contribution in [0.5, 0.6) is 0 Å². The Bertz CT molecular complexity index is 550. The lowest BCUT2D eigenvalue weighted by molar-refractivity contribution is -0.0750. The molecule has 1 aromatic carbocycles. The van der Waals surface area contributed by atoms with E-state index in [9.17, 15) is 8.42 Å². The molecule has 112 valence electrons. The van der Waals surface area contributed by atoms with Crippen molar-refractivity contribution in [2.45, 2.75) is 24.2 Å². The topological polar surface area (TPSA) is 52.6 Å². The molecule has 0 saturated carbocycles. The van der Waals surface area contributed by atoms with Gasteiger partial charge in [0.25, 0.3) is 0 Å². The summed E-state index contributed by atoms with van der Waals surface area (Å²) in [6.07, 6.45) is 1.22. The highest BCUT2D eigenvalue weighted by atomic mass is 35.5. The number of halogens is 1. The van der Waals surface area contributed by atoms with Gasteiger partial charge in [0.05, 0.1) is 17.1 Å². The minimum atomic E-state index is -3.26. The number of ether oxygens (including phenoxy) is 2. The van der Waals surface area contributed by atoms with Crippen LogP contribution < -0.4 is 0 Å². The molecule has 1 aliphatic rings. The molecular weight excluding hydrogens is 300 g/mol. The zero-order valence-corrected chi connectivity index (χ0v) is 13.0. The van der Waals surface area contributed by atoms with Gasteiger partial charge in [0, 0.05) is 38.2 Å². The van der Waals surface area contributed by atoms with Crippen LogP contribution in [0.15, 0.2) is 24.3 Å². The molecule has 0 aliphatic carbocycles. The van der Waals surface area contributed by atoms with E-state index < -0.39 is 15.4 Å². The molecule has 6 heteroatoms. The van der Waals surface area contributed by atoms with Crippen LogP contribution in [0.25, 0.3) is 0 Å². The first-order valence-corrected chi connectivity index (χ1v) is 8.72. The monoisotopic (exact) mass is 318 g/mol. The maximum absolute atomic E-state index is 12.4. The fourth-order valence-electron chi connectivity index (χ4n) is 2.48. The molecule has 0 bridgehead atoms. The van der Waals surface area contributed by atoms with E-state index in [1.54, 1.807) is 31.4 Å². The Balaban J connectivity index is 2.10. The fourth-order valence-corrected chi connectivity index (χ4v) is 4.69. The van der Waals surface area contributed by atoms with Gasteiger partial charge in [-0.1, -0.05) is 23.7 Å². The third-order valence-electron chi connectivity index (χ3n) is 3.60. The fraction of sp³-hybridized carbons (Fsp3) is 0.571. The molecule has 2 rings (SSSR count). The summed E-state index contributed by atoms with van der Waals surface area (Å²) in [5, 5.41) is 0.547. The molecular formula is C14H19ClO4S. The highest BCUT2D eigenvalue weighted by Crippen LogP contribution is 2.27. The van der Waals surface area contributed by atoms with E-state index in [0.29, 0.717) is 36.6 Å². The van der Waals surface area contributed by atoms with Crippen molar-refractivity contribution in [3.8, 4) is 0 Å². The predicted molar refractivity (Wildman–Crippen MR) is 78.7 cm³/mol. The predicted octanol–water partition coefficient (Wildman–Crippen LogP) is 2.45. The summed E-state index contributed by atoms with van der Waals surface area (Å²) in [6, 6.07) is 6.94. The summed E-state index contributed by atoms with van der Waals surface area (Å²) in [6.45, 7) is 1.08. The average molecular weight is 319 g/mol. The van der Waals surface area contributed by atoms with Gasteiger partial charge in [-0.05, 0) is 17.7 Å². The summed E-state index contributed by atoms with van der Waals surface area (Å²) in [5.41, 5.74) is 0.0890. The number of sulfone groups is 1. The van der Waals surface area contributed by atoms with Crippen molar-refractivity contribution in [1.82, 2.24) is 0 Å². The first kappa shape index (κ1) is 15.8. The first-order chi connectivity index (χ1) is 9.45. The van der Waals surface area contributed by atoms with E-state index in [-0.39, 0.29) is 11.5 Å². The van der Waals surface area contributed by atoms with Crippen LogP contribution in [0.1, 0.15) is 18.4 Å². The number of rotatable bonds is 5. The second-order valence-corrected chi connectivity index (χ2v) is 7.66. The molecule has 20 heavy (non-hydrogen) atoms. The molecule has 0 spiro atoms. The molecule has 0 radical (unpaired) electrons. The third kappa shape index (κ3) is 4.19. The van der Waals surface area contributed by atoms with Crippen molar-refractivity contribution in [1.29, 1.82) is 0 Å². The third-order valence-corrected chi connectivity index (χ3v) is 5.57. The molecule has 4 nitrogen and oxygen atoms in total. The quantitative estimate of drug-likeness (QED) is 0.837. The van der Waals surface area contributed by atoms with Crippen molar-refractivity contribution < 1.29 is 17.9 Å². The smallest absolute Gasteiger partial charge is 0.157 e. The molecule has 1 fully saturated rings. The van der Waals surface area contributed by atoms with Crippen LogP contribution in [0.2, 0.25) is 5.02 Å². The molecule has 1 aromatic rings. The van der Waals surface area contributed by atoms with Gasteiger partial charge in [0.15, 0.2) is 9.84 Å². The maximum atomic E-state index is 12.4. The lowest BCUT2D eigenvalue weighted by Gasteiger charge is -2.35. The molecule has 0 amide bonds. The number of methoxy groups -OCH3 is 1. The van der Waals surface area contributed by atoms with Crippen molar-refractivity contribution in [2.75, 3.05) is 26.1 Å². The Morgan fingerprint density at radius 2 is 2.05 bits per heavy atom. The van der Waals surface area contributed by atoms with Crippen LogP contribution in [0, 0.1) is 0 Å². The van der Waals surface area contributed by atoms with Gasteiger partial charge in [-0.15, -0.1) is 0 Å². The Labute approximate surface area is 125 Å². The zero-order valence-electron chi connectivity index (χ0n) is 11.5. The van der Waals surface area contributed by atoms with Gasteiger partial charge in [-0.25, -0.2) is 8.42 Å². The van der Waals surface area contributed by atoms with E-state index in [0.717, 1.165) is 0 Å². The summed E-state index contributed by atoms with van der Waals surface area (Å²) in [7, 11) is -1.69. The van der Waals surface area contributed by atoms with Gasteiger partial charge >= 0.3 is 0 Å². The van der Waals surface area contributed by atoms with E-state index in [2.05, 4.69) is 0 Å². The summed E-state index contributed by atoms with van der Waals surface area (Å²) in [4.78, 5) is 0. The molecule has 0 N–H and O–H groups in total. The van der Waals surface area contributed by atoms with Crippen molar-refractivity contribution in [2.24, 2.45) is 0 Å². The molecule has 1 saturated heterocycles. The normalized spacial score (nSPS) is 18.9. The minimum Gasteiger partial charge on any atom is -0.381 e. The lowest BCUT2D eigenvalue weighted by atomic mass is 9.97. The number of hydrogen-bond donors (Lipinski definition) is 0. The van der Waals surface area contributed by atoms with Crippen molar-refractivity contribution in [3.63, 3.8) is 0 Å². The summed E-state index contributed by atoms with van der Waals surface area (Å²) < 4.78 is 35.5. The number of hydrogen-bond acceptors (Lipinski definition) is 4. The highest BCUT2D eigenvalue weighted by molar-refractivity contribution is 7.90. The molecule has 1 aliphatic heterocycles. The van der Waals surface area contributed by atoms with Crippen LogP contribution >= 0.6 is 11.6 Å². The second kappa shape index (κ2) is 6.43. The summed E-state index contributed by atoms with van der Waals surface area (Å²) >= 11 is 5.88. The maximum Gasteiger partial charge on any atom is 0.157 e.